The maximum Gasteiger partial charge on any atom is 0.321 e. The van der Waals surface area contributed by atoms with Crippen molar-refractivity contribution in [2.24, 2.45) is 5.73 Å². The Labute approximate surface area is 121 Å². The van der Waals surface area contributed by atoms with Gasteiger partial charge in [0, 0.05) is 10.3 Å². The molecule has 0 atom stereocenters. The molecular formula is C11H11FN4O2S2. The molecular weight excluding hydrogens is 303 g/mol. The van der Waals surface area contributed by atoms with Crippen LogP contribution in [0.5, 0.6) is 0 Å². The summed E-state index contributed by atoms with van der Waals surface area (Å²) in [7, 11) is 0. The van der Waals surface area contributed by atoms with Gasteiger partial charge in [-0.15, -0.1) is 22.7 Å². The van der Waals surface area contributed by atoms with E-state index in [9.17, 15) is 14.0 Å². The van der Waals surface area contributed by atoms with Crippen molar-refractivity contribution >= 4 is 39.7 Å². The van der Waals surface area contributed by atoms with Crippen molar-refractivity contribution in [3.8, 4) is 0 Å². The first-order valence-electron chi connectivity index (χ1n) is 5.54. The minimum atomic E-state index is -0.481. The second-order valence-corrected chi connectivity index (χ2v) is 5.78. The van der Waals surface area contributed by atoms with Gasteiger partial charge >= 0.3 is 6.03 Å². The molecule has 0 bridgehead atoms. The van der Waals surface area contributed by atoms with E-state index in [1.807, 2.05) is 0 Å². The molecule has 0 saturated heterocycles. The van der Waals surface area contributed by atoms with Gasteiger partial charge in [-0.25, -0.2) is 9.78 Å². The summed E-state index contributed by atoms with van der Waals surface area (Å²) >= 11 is 2.17. The van der Waals surface area contributed by atoms with Gasteiger partial charge in [0.2, 0.25) is 5.91 Å². The quantitative estimate of drug-likeness (QED) is 0.783. The Balaban J connectivity index is 1.82. The van der Waals surface area contributed by atoms with Gasteiger partial charge < -0.3 is 11.1 Å². The average Bonchev–Trinajstić information content (AvgIpc) is 2.95. The van der Waals surface area contributed by atoms with Gasteiger partial charge in [0.25, 0.3) is 0 Å². The van der Waals surface area contributed by atoms with Crippen LogP contribution in [0, 0.1) is 5.13 Å². The Morgan fingerprint density at radius 1 is 1.40 bits per heavy atom. The number of hydrogen-bond donors (Lipinski definition) is 3. The molecule has 2 rings (SSSR count). The third-order valence-corrected chi connectivity index (χ3v) is 3.86. The lowest BCUT2D eigenvalue weighted by molar-refractivity contribution is -0.117. The fourth-order valence-corrected chi connectivity index (χ4v) is 2.75. The number of thiazole rings is 1. The summed E-state index contributed by atoms with van der Waals surface area (Å²) in [6, 6.07) is 2.50. The lowest BCUT2D eigenvalue weighted by Crippen LogP contribution is -2.27. The van der Waals surface area contributed by atoms with Crippen LogP contribution < -0.4 is 16.4 Å². The number of anilines is 1. The molecule has 20 heavy (non-hydrogen) atoms. The van der Waals surface area contributed by atoms with Crippen molar-refractivity contribution < 1.29 is 14.0 Å². The fourth-order valence-electron chi connectivity index (χ4n) is 1.38. The van der Waals surface area contributed by atoms with Crippen LogP contribution in [0.2, 0.25) is 0 Å². The standard InChI is InChI=1S/C11H11FN4O2S2/c12-8-2-1-7(20-8)4-14-10(18)16-11-15-6(5-19-11)3-9(13)17/h1-2,5H,3-4H2,(H2,13,17)(H2,14,15,16,18). The van der Waals surface area contributed by atoms with E-state index >= 15 is 0 Å². The number of aromatic nitrogens is 1. The molecule has 0 aliphatic rings. The molecule has 3 amide bonds. The van der Waals surface area contributed by atoms with Crippen LogP contribution in [0.15, 0.2) is 17.5 Å². The summed E-state index contributed by atoms with van der Waals surface area (Å²) in [5.74, 6) is -0.481. The summed E-state index contributed by atoms with van der Waals surface area (Å²) in [4.78, 5) is 27.1. The number of carbonyl (C=O) groups excluding carboxylic acids is 2. The second kappa shape index (κ2) is 6.44. The highest BCUT2D eigenvalue weighted by Crippen LogP contribution is 2.16. The molecule has 9 heteroatoms. The van der Waals surface area contributed by atoms with E-state index in [0.717, 1.165) is 11.3 Å². The highest BCUT2D eigenvalue weighted by Gasteiger charge is 2.08. The van der Waals surface area contributed by atoms with Crippen LogP contribution in [0.25, 0.3) is 0 Å². The number of halogens is 1. The second-order valence-electron chi connectivity index (χ2n) is 3.80. The van der Waals surface area contributed by atoms with Crippen LogP contribution in [0.3, 0.4) is 0 Å². The van der Waals surface area contributed by atoms with Crippen LogP contribution in [-0.2, 0) is 17.8 Å². The number of nitrogens with zero attached hydrogens (tertiary/aromatic N) is 1. The van der Waals surface area contributed by atoms with Gasteiger partial charge in [-0.2, -0.15) is 4.39 Å². The topological polar surface area (TPSA) is 97.1 Å². The first-order chi connectivity index (χ1) is 9.52. The molecule has 0 fully saturated rings. The van der Waals surface area contributed by atoms with Gasteiger partial charge in [-0.1, -0.05) is 0 Å². The third kappa shape index (κ3) is 4.28. The molecule has 2 aromatic heterocycles. The van der Waals surface area contributed by atoms with Gasteiger partial charge in [0.05, 0.1) is 18.7 Å². The number of amides is 3. The van der Waals surface area contributed by atoms with E-state index in [4.69, 9.17) is 5.73 Å². The molecule has 0 spiro atoms. The fraction of sp³-hybridized carbons (Fsp3) is 0.182. The van der Waals surface area contributed by atoms with Gasteiger partial charge in [0.1, 0.15) is 0 Å². The van der Waals surface area contributed by atoms with Crippen LogP contribution >= 0.6 is 22.7 Å². The first-order valence-corrected chi connectivity index (χ1v) is 7.24. The lowest BCUT2D eigenvalue weighted by atomic mass is 10.3. The Morgan fingerprint density at radius 3 is 2.85 bits per heavy atom. The normalized spacial score (nSPS) is 10.2. The third-order valence-electron chi connectivity index (χ3n) is 2.18. The maximum absolute atomic E-state index is 12.7. The van der Waals surface area contributed by atoms with E-state index in [1.54, 1.807) is 11.4 Å². The Hall–Kier alpha value is -2.00. The van der Waals surface area contributed by atoms with Crippen molar-refractivity contribution in [2.45, 2.75) is 13.0 Å². The van der Waals surface area contributed by atoms with Crippen molar-refractivity contribution in [1.29, 1.82) is 0 Å². The predicted molar refractivity (Wildman–Crippen MR) is 75.1 cm³/mol. The molecule has 0 aliphatic heterocycles. The zero-order valence-electron chi connectivity index (χ0n) is 10.2. The van der Waals surface area contributed by atoms with Crippen molar-refractivity contribution in [2.75, 3.05) is 5.32 Å². The number of carbonyl (C=O) groups is 2. The van der Waals surface area contributed by atoms with E-state index in [0.29, 0.717) is 15.7 Å². The molecule has 106 valence electrons. The van der Waals surface area contributed by atoms with E-state index < -0.39 is 11.9 Å². The van der Waals surface area contributed by atoms with E-state index in [-0.39, 0.29) is 18.1 Å². The van der Waals surface area contributed by atoms with E-state index in [2.05, 4.69) is 15.6 Å². The van der Waals surface area contributed by atoms with Crippen molar-refractivity contribution in [3.63, 3.8) is 0 Å². The Kier molecular flexibility index (Phi) is 4.64. The van der Waals surface area contributed by atoms with Crippen LogP contribution in [-0.4, -0.2) is 16.9 Å². The average molecular weight is 314 g/mol. The largest absolute Gasteiger partial charge is 0.369 e. The predicted octanol–water partition coefficient (Wildman–Crippen LogP) is 1.69. The number of nitrogens with one attached hydrogen (secondary N) is 2. The molecule has 2 aromatic rings. The van der Waals surface area contributed by atoms with E-state index in [1.165, 1.54) is 17.4 Å². The highest BCUT2D eigenvalue weighted by atomic mass is 32.1. The zero-order chi connectivity index (χ0) is 14.5. The van der Waals surface area contributed by atoms with Crippen molar-refractivity contribution in [3.05, 3.63) is 33.2 Å². The molecule has 0 aromatic carbocycles. The number of rotatable bonds is 5. The molecule has 0 unspecified atom stereocenters. The van der Waals surface area contributed by atoms with Crippen LogP contribution in [0.1, 0.15) is 10.6 Å². The Morgan fingerprint density at radius 2 is 2.20 bits per heavy atom. The van der Waals surface area contributed by atoms with Gasteiger partial charge in [0.15, 0.2) is 10.3 Å². The molecule has 2 heterocycles. The summed E-state index contributed by atoms with van der Waals surface area (Å²) in [6.45, 7) is 0.236. The summed E-state index contributed by atoms with van der Waals surface area (Å²) in [5, 5.41) is 6.83. The lowest BCUT2D eigenvalue weighted by Gasteiger charge is -2.03. The molecule has 0 saturated carbocycles. The first kappa shape index (κ1) is 14.4. The maximum atomic E-state index is 12.7. The minimum Gasteiger partial charge on any atom is -0.369 e. The minimum absolute atomic E-state index is 0.0360. The smallest absolute Gasteiger partial charge is 0.321 e. The van der Waals surface area contributed by atoms with Crippen LogP contribution in [0.4, 0.5) is 14.3 Å². The summed E-state index contributed by atoms with van der Waals surface area (Å²) < 4.78 is 12.7. The molecule has 6 nitrogen and oxygen atoms in total. The number of thiophene rings is 1. The van der Waals surface area contributed by atoms with Gasteiger partial charge in [-0.3, -0.25) is 10.1 Å². The molecule has 4 N–H and O–H groups in total. The Bertz CT molecular complexity index is 625. The van der Waals surface area contributed by atoms with Gasteiger partial charge in [-0.05, 0) is 12.1 Å². The zero-order valence-corrected chi connectivity index (χ0v) is 11.8. The molecule has 0 radical (unpaired) electrons. The number of nitrogens with two attached hydrogens (primary N) is 1. The summed E-state index contributed by atoms with van der Waals surface area (Å²) in [5.41, 5.74) is 5.56. The number of urea groups is 1. The monoisotopic (exact) mass is 314 g/mol. The summed E-state index contributed by atoms with van der Waals surface area (Å²) in [6.07, 6.45) is 0.0360. The van der Waals surface area contributed by atoms with Crippen molar-refractivity contribution in [1.82, 2.24) is 10.3 Å². The highest BCUT2D eigenvalue weighted by molar-refractivity contribution is 7.14. The number of primary amides is 1. The number of hydrogen-bond acceptors (Lipinski definition) is 5. The SMILES string of the molecule is NC(=O)Cc1csc(NC(=O)NCc2ccc(F)s2)n1. The molecule has 0 aliphatic carbocycles.